The molecule has 13 heavy (non-hydrogen) atoms. The second kappa shape index (κ2) is 3.80. The van der Waals surface area contributed by atoms with Crippen LogP contribution in [0.25, 0.3) is 0 Å². The molecule has 0 amide bonds. The average molecular weight is 203 g/mol. The van der Waals surface area contributed by atoms with Gasteiger partial charge >= 0.3 is 0 Å². The Hall–Kier alpha value is -0.350. The van der Waals surface area contributed by atoms with E-state index >= 15 is 0 Å². The van der Waals surface area contributed by atoms with Crippen LogP contribution < -0.4 is 0 Å². The van der Waals surface area contributed by atoms with Crippen LogP contribution in [-0.4, -0.2) is 25.3 Å². The summed E-state index contributed by atoms with van der Waals surface area (Å²) in [5, 5.41) is 1.05. The second-order valence-corrected chi connectivity index (χ2v) is 5.52. The van der Waals surface area contributed by atoms with Gasteiger partial charge in [0.25, 0.3) is 0 Å². The van der Waals surface area contributed by atoms with E-state index in [0.717, 1.165) is 18.2 Å². The normalized spacial score (nSPS) is 30.6. The van der Waals surface area contributed by atoms with Gasteiger partial charge in [0.05, 0.1) is 0 Å². The Labute approximate surface area is 80.5 Å². The molecule has 1 aliphatic heterocycles. The molecule has 1 heterocycles. The van der Waals surface area contributed by atoms with Crippen molar-refractivity contribution in [2.24, 2.45) is 5.92 Å². The Kier molecular flexibility index (Phi) is 3.14. The highest BCUT2D eigenvalue weighted by molar-refractivity contribution is 7.92. The molecule has 3 nitrogen and oxygen atoms in total. The monoisotopic (exact) mass is 203 g/mol. The van der Waals surface area contributed by atoms with Crippen LogP contribution >= 0.6 is 0 Å². The van der Waals surface area contributed by atoms with Gasteiger partial charge in [0.2, 0.25) is 10.0 Å². The van der Waals surface area contributed by atoms with Gasteiger partial charge in [-0.15, -0.1) is 0 Å². The Morgan fingerprint density at radius 1 is 1.62 bits per heavy atom. The fourth-order valence-corrected chi connectivity index (χ4v) is 3.19. The van der Waals surface area contributed by atoms with Crippen LogP contribution in [0, 0.1) is 5.92 Å². The summed E-state index contributed by atoms with van der Waals surface area (Å²) in [5.74, 6) is 0.472. The third kappa shape index (κ3) is 2.11. The molecule has 0 aromatic heterocycles. The SMILES string of the molecule is C=CS(=O)(=O)N1CC(C)CC1CC. The van der Waals surface area contributed by atoms with Crippen molar-refractivity contribution < 1.29 is 8.42 Å². The first-order valence-electron chi connectivity index (χ1n) is 4.65. The highest BCUT2D eigenvalue weighted by Gasteiger charge is 2.34. The summed E-state index contributed by atoms with van der Waals surface area (Å²) < 4.78 is 24.6. The van der Waals surface area contributed by atoms with Crippen LogP contribution in [-0.2, 0) is 10.0 Å². The number of hydrogen-bond acceptors (Lipinski definition) is 2. The number of nitrogens with zero attached hydrogens (tertiary/aromatic N) is 1. The second-order valence-electron chi connectivity index (χ2n) is 3.68. The zero-order chi connectivity index (χ0) is 10.1. The van der Waals surface area contributed by atoms with Crippen molar-refractivity contribution in [3.8, 4) is 0 Å². The van der Waals surface area contributed by atoms with Crippen LogP contribution in [0.15, 0.2) is 12.0 Å². The highest BCUT2D eigenvalue weighted by atomic mass is 32.2. The zero-order valence-corrected chi connectivity index (χ0v) is 9.05. The quantitative estimate of drug-likeness (QED) is 0.698. The largest absolute Gasteiger partial charge is 0.235 e. The summed E-state index contributed by atoms with van der Waals surface area (Å²) >= 11 is 0. The molecule has 0 aromatic carbocycles. The lowest BCUT2D eigenvalue weighted by molar-refractivity contribution is 0.384. The predicted octanol–water partition coefficient (Wildman–Crippen LogP) is 1.58. The summed E-state index contributed by atoms with van der Waals surface area (Å²) in [6.45, 7) is 8.09. The van der Waals surface area contributed by atoms with Gasteiger partial charge in [0, 0.05) is 18.0 Å². The molecule has 76 valence electrons. The zero-order valence-electron chi connectivity index (χ0n) is 8.23. The van der Waals surface area contributed by atoms with E-state index in [4.69, 9.17) is 0 Å². The Bertz CT molecular complexity index is 284. The van der Waals surface area contributed by atoms with E-state index in [1.165, 1.54) is 0 Å². The van der Waals surface area contributed by atoms with Crippen LogP contribution in [0.5, 0.6) is 0 Å². The van der Waals surface area contributed by atoms with Crippen molar-refractivity contribution in [1.82, 2.24) is 4.31 Å². The molecule has 0 spiro atoms. The van der Waals surface area contributed by atoms with Gasteiger partial charge in [-0.2, -0.15) is 4.31 Å². The minimum Gasteiger partial charge on any atom is -0.208 e. The van der Waals surface area contributed by atoms with E-state index in [9.17, 15) is 8.42 Å². The standard InChI is InChI=1S/C9H17NO2S/c1-4-9-6-8(3)7-10(9)13(11,12)5-2/h5,8-9H,2,4,6-7H2,1,3H3. The molecular weight excluding hydrogens is 186 g/mol. The maximum Gasteiger partial charge on any atom is 0.235 e. The summed E-state index contributed by atoms with van der Waals surface area (Å²) in [4.78, 5) is 0. The van der Waals surface area contributed by atoms with Gasteiger partial charge in [0.15, 0.2) is 0 Å². The van der Waals surface area contributed by atoms with Crippen molar-refractivity contribution in [2.75, 3.05) is 6.54 Å². The van der Waals surface area contributed by atoms with E-state index < -0.39 is 10.0 Å². The summed E-state index contributed by atoms with van der Waals surface area (Å²) in [6.07, 6.45) is 1.86. The van der Waals surface area contributed by atoms with E-state index in [1.54, 1.807) is 4.31 Å². The van der Waals surface area contributed by atoms with Gasteiger partial charge in [-0.05, 0) is 18.8 Å². The van der Waals surface area contributed by atoms with Gasteiger partial charge in [-0.1, -0.05) is 20.4 Å². The van der Waals surface area contributed by atoms with Crippen molar-refractivity contribution in [2.45, 2.75) is 32.7 Å². The molecule has 0 N–H and O–H groups in total. The molecule has 4 heteroatoms. The third-order valence-electron chi connectivity index (χ3n) is 2.58. The molecule has 1 fully saturated rings. The average Bonchev–Trinajstić information content (AvgIpc) is 2.47. The molecule has 2 atom stereocenters. The third-order valence-corrected chi connectivity index (χ3v) is 4.10. The van der Waals surface area contributed by atoms with Gasteiger partial charge in [-0.25, -0.2) is 8.42 Å². The van der Waals surface area contributed by atoms with E-state index in [-0.39, 0.29) is 6.04 Å². The molecule has 0 saturated carbocycles. The lowest BCUT2D eigenvalue weighted by atomic mass is 10.1. The van der Waals surface area contributed by atoms with Gasteiger partial charge in [-0.3, -0.25) is 0 Å². The van der Waals surface area contributed by atoms with Gasteiger partial charge in [0.1, 0.15) is 0 Å². The fourth-order valence-electron chi connectivity index (χ4n) is 1.89. The summed E-state index contributed by atoms with van der Waals surface area (Å²) in [7, 11) is -3.19. The molecule has 1 aliphatic rings. The summed E-state index contributed by atoms with van der Waals surface area (Å²) in [6, 6.07) is 0.179. The van der Waals surface area contributed by atoms with Crippen LogP contribution in [0.4, 0.5) is 0 Å². The fraction of sp³-hybridized carbons (Fsp3) is 0.778. The maximum absolute atomic E-state index is 11.5. The summed E-state index contributed by atoms with van der Waals surface area (Å²) in [5.41, 5.74) is 0. The van der Waals surface area contributed by atoms with E-state index in [2.05, 4.69) is 13.5 Å². The lowest BCUT2D eigenvalue weighted by Gasteiger charge is -2.20. The molecule has 2 unspecified atom stereocenters. The molecule has 0 radical (unpaired) electrons. The number of sulfonamides is 1. The number of hydrogen-bond donors (Lipinski definition) is 0. The Balaban J connectivity index is 2.86. The van der Waals surface area contributed by atoms with E-state index in [1.807, 2.05) is 6.92 Å². The van der Waals surface area contributed by atoms with Crippen LogP contribution in [0.1, 0.15) is 26.7 Å². The first-order chi connectivity index (χ1) is 6.01. The number of rotatable bonds is 3. The molecule has 1 rings (SSSR count). The van der Waals surface area contributed by atoms with Crippen molar-refractivity contribution in [3.63, 3.8) is 0 Å². The molecular formula is C9H17NO2S. The molecule has 0 aliphatic carbocycles. The Morgan fingerprint density at radius 3 is 2.69 bits per heavy atom. The Morgan fingerprint density at radius 2 is 2.23 bits per heavy atom. The minimum absolute atomic E-state index is 0.179. The van der Waals surface area contributed by atoms with Crippen molar-refractivity contribution in [1.29, 1.82) is 0 Å². The minimum atomic E-state index is -3.19. The maximum atomic E-state index is 11.5. The smallest absolute Gasteiger partial charge is 0.208 e. The van der Waals surface area contributed by atoms with Crippen molar-refractivity contribution in [3.05, 3.63) is 12.0 Å². The van der Waals surface area contributed by atoms with E-state index in [0.29, 0.717) is 12.5 Å². The lowest BCUT2D eigenvalue weighted by Crippen LogP contribution is -2.33. The topological polar surface area (TPSA) is 37.4 Å². The van der Waals surface area contributed by atoms with Gasteiger partial charge < -0.3 is 0 Å². The first-order valence-corrected chi connectivity index (χ1v) is 6.15. The molecule has 1 saturated heterocycles. The van der Waals surface area contributed by atoms with Crippen LogP contribution in [0.2, 0.25) is 0 Å². The molecule has 0 aromatic rings. The molecule has 0 bridgehead atoms. The predicted molar refractivity (Wildman–Crippen MR) is 53.7 cm³/mol. The van der Waals surface area contributed by atoms with Crippen LogP contribution in [0.3, 0.4) is 0 Å². The highest BCUT2D eigenvalue weighted by Crippen LogP contribution is 2.27. The first kappa shape index (κ1) is 10.7. The van der Waals surface area contributed by atoms with Crippen molar-refractivity contribution >= 4 is 10.0 Å².